The summed E-state index contributed by atoms with van der Waals surface area (Å²) in [5.74, 6) is 0.923. The van der Waals surface area contributed by atoms with E-state index in [-0.39, 0.29) is 0 Å². The minimum atomic E-state index is 0.347. The van der Waals surface area contributed by atoms with Gasteiger partial charge in [0.1, 0.15) is 0 Å². The van der Waals surface area contributed by atoms with Crippen LogP contribution < -0.4 is 0 Å². The number of piperidine rings is 2. The highest BCUT2D eigenvalue weighted by Gasteiger charge is 2.40. The van der Waals surface area contributed by atoms with Gasteiger partial charge in [-0.15, -0.1) is 0 Å². The van der Waals surface area contributed by atoms with Crippen LogP contribution in [0.5, 0.6) is 0 Å². The molecule has 0 atom stereocenters. The maximum Gasteiger partial charge on any atom is 0.0350 e. The molecule has 3 nitrogen and oxygen atoms in total. The van der Waals surface area contributed by atoms with Crippen LogP contribution in [-0.2, 0) is 0 Å². The van der Waals surface area contributed by atoms with E-state index in [0.717, 1.165) is 18.0 Å². The topological polar surface area (TPSA) is 9.72 Å². The van der Waals surface area contributed by atoms with E-state index in [1.807, 2.05) is 0 Å². The summed E-state index contributed by atoms with van der Waals surface area (Å²) in [5, 5.41) is 0. The molecule has 0 spiro atoms. The fourth-order valence-corrected chi connectivity index (χ4v) is 5.05. The van der Waals surface area contributed by atoms with Crippen LogP contribution in [0, 0.1) is 11.3 Å². The van der Waals surface area contributed by atoms with Gasteiger partial charge in [-0.05, 0) is 70.9 Å². The molecular formula is C21H41N3. The van der Waals surface area contributed by atoms with E-state index >= 15 is 0 Å². The second-order valence-corrected chi connectivity index (χ2v) is 10.7. The second-order valence-electron chi connectivity index (χ2n) is 10.7. The van der Waals surface area contributed by atoms with Gasteiger partial charge in [-0.25, -0.2) is 0 Å². The van der Waals surface area contributed by atoms with Gasteiger partial charge in [-0.1, -0.05) is 20.8 Å². The first-order chi connectivity index (χ1) is 11.1. The van der Waals surface area contributed by atoms with Crippen molar-refractivity contribution in [1.82, 2.24) is 14.7 Å². The number of hydrogen-bond donors (Lipinski definition) is 0. The molecule has 0 radical (unpaired) electrons. The molecule has 0 aromatic heterocycles. The van der Waals surface area contributed by atoms with Crippen molar-refractivity contribution in [3.8, 4) is 0 Å². The molecule has 3 heteroatoms. The van der Waals surface area contributed by atoms with Crippen LogP contribution in [0.1, 0.15) is 67.2 Å². The molecule has 3 heterocycles. The predicted molar refractivity (Wildman–Crippen MR) is 103 cm³/mol. The van der Waals surface area contributed by atoms with E-state index in [9.17, 15) is 0 Å². The molecule has 0 aliphatic carbocycles. The lowest BCUT2D eigenvalue weighted by atomic mass is 9.75. The maximum atomic E-state index is 2.79. The molecular weight excluding hydrogens is 294 g/mol. The van der Waals surface area contributed by atoms with Gasteiger partial charge in [-0.2, -0.15) is 0 Å². The Balaban J connectivity index is 1.38. The van der Waals surface area contributed by atoms with Crippen molar-refractivity contribution in [2.45, 2.75) is 84.8 Å². The molecule has 0 aromatic rings. The Kier molecular flexibility index (Phi) is 5.36. The first kappa shape index (κ1) is 18.7. The van der Waals surface area contributed by atoms with Crippen LogP contribution in [0.3, 0.4) is 0 Å². The lowest BCUT2D eigenvalue weighted by molar-refractivity contribution is -0.0386. The van der Waals surface area contributed by atoms with Gasteiger partial charge in [0.2, 0.25) is 0 Å². The van der Waals surface area contributed by atoms with Crippen LogP contribution in [0.2, 0.25) is 0 Å². The molecule has 0 saturated carbocycles. The Morgan fingerprint density at radius 3 is 1.62 bits per heavy atom. The van der Waals surface area contributed by atoms with Crippen molar-refractivity contribution in [2.24, 2.45) is 11.3 Å². The monoisotopic (exact) mass is 335 g/mol. The van der Waals surface area contributed by atoms with Crippen molar-refractivity contribution in [3.05, 3.63) is 0 Å². The van der Waals surface area contributed by atoms with E-state index in [0.29, 0.717) is 11.0 Å². The first-order valence-electron chi connectivity index (χ1n) is 10.4. The summed E-state index contributed by atoms with van der Waals surface area (Å²) in [4.78, 5) is 8.24. The Bertz CT molecular complexity index is 360. The lowest BCUT2D eigenvalue weighted by Gasteiger charge is -2.53. The van der Waals surface area contributed by atoms with Crippen molar-refractivity contribution in [1.29, 1.82) is 0 Å². The van der Waals surface area contributed by atoms with Crippen LogP contribution in [0.4, 0.5) is 0 Å². The Hall–Kier alpha value is -0.120. The van der Waals surface area contributed by atoms with Gasteiger partial charge in [0, 0.05) is 43.8 Å². The van der Waals surface area contributed by atoms with E-state index in [1.54, 1.807) is 0 Å². The van der Waals surface area contributed by atoms with Gasteiger partial charge in [-0.3, -0.25) is 14.7 Å². The molecule has 3 aliphatic rings. The third-order valence-electron chi connectivity index (χ3n) is 7.09. The van der Waals surface area contributed by atoms with Crippen molar-refractivity contribution in [2.75, 3.05) is 39.3 Å². The molecule has 0 amide bonds. The van der Waals surface area contributed by atoms with Gasteiger partial charge in [0.05, 0.1) is 0 Å². The summed E-state index contributed by atoms with van der Waals surface area (Å²) >= 11 is 0. The fourth-order valence-electron chi connectivity index (χ4n) is 5.05. The van der Waals surface area contributed by atoms with Crippen LogP contribution in [-0.4, -0.2) is 71.6 Å². The number of likely N-dealkylation sites (tertiary alicyclic amines) is 3. The fraction of sp³-hybridized carbons (Fsp3) is 1.00. The molecule has 0 bridgehead atoms. The number of nitrogens with zero attached hydrogens (tertiary/aromatic N) is 3. The highest BCUT2D eigenvalue weighted by atomic mass is 15.3. The van der Waals surface area contributed by atoms with Gasteiger partial charge in [0.25, 0.3) is 0 Å². The molecule has 0 N–H and O–H groups in total. The second kappa shape index (κ2) is 6.89. The van der Waals surface area contributed by atoms with E-state index in [1.165, 1.54) is 65.0 Å². The zero-order chi connectivity index (χ0) is 17.5. The van der Waals surface area contributed by atoms with Gasteiger partial charge >= 0.3 is 0 Å². The molecule has 3 fully saturated rings. The van der Waals surface area contributed by atoms with E-state index in [2.05, 4.69) is 56.2 Å². The maximum absolute atomic E-state index is 2.79. The number of rotatable bonds is 2. The largest absolute Gasteiger partial charge is 0.298 e. The minimum Gasteiger partial charge on any atom is -0.298 e. The SMILES string of the molecule is CC(C)(C)C1CCN(C2CN(C3CCN(C(C)(C)C)CC3)C2)CC1. The summed E-state index contributed by atoms with van der Waals surface area (Å²) in [6.45, 7) is 22.2. The summed E-state index contributed by atoms with van der Waals surface area (Å²) in [5.41, 5.74) is 0.846. The molecule has 0 aromatic carbocycles. The molecule has 24 heavy (non-hydrogen) atoms. The van der Waals surface area contributed by atoms with Crippen molar-refractivity contribution < 1.29 is 0 Å². The standard InChI is InChI=1S/C21H41N3/c1-20(2,3)17-7-11-22(12-8-17)19-15-23(16-19)18-9-13-24(14-10-18)21(4,5)6/h17-19H,7-16H2,1-6H3. The van der Waals surface area contributed by atoms with Crippen LogP contribution in [0.15, 0.2) is 0 Å². The summed E-state index contributed by atoms with van der Waals surface area (Å²) < 4.78 is 0. The summed E-state index contributed by atoms with van der Waals surface area (Å²) in [7, 11) is 0. The zero-order valence-corrected chi connectivity index (χ0v) is 17.1. The Labute approximate surface area is 150 Å². The summed E-state index contributed by atoms with van der Waals surface area (Å²) in [6, 6.07) is 1.71. The molecule has 3 saturated heterocycles. The zero-order valence-electron chi connectivity index (χ0n) is 17.1. The normalized spacial score (nSPS) is 28.2. The van der Waals surface area contributed by atoms with Crippen LogP contribution in [0.25, 0.3) is 0 Å². The molecule has 140 valence electrons. The highest BCUT2D eigenvalue weighted by molar-refractivity contribution is 4.96. The lowest BCUT2D eigenvalue weighted by Crippen LogP contribution is -2.65. The average molecular weight is 336 g/mol. The van der Waals surface area contributed by atoms with Gasteiger partial charge < -0.3 is 0 Å². The van der Waals surface area contributed by atoms with Crippen LogP contribution >= 0.6 is 0 Å². The smallest absolute Gasteiger partial charge is 0.0350 e. The minimum absolute atomic E-state index is 0.347. The Morgan fingerprint density at radius 2 is 1.17 bits per heavy atom. The van der Waals surface area contributed by atoms with Crippen molar-refractivity contribution in [3.63, 3.8) is 0 Å². The van der Waals surface area contributed by atoms with E-state index < -0.39 is 0 Å². The molecule has 3 rings (SSSR count). The van der Waals surface area contributed by atoms with Crippen molar-refractivity contribution >= 4 is 0 Å². The third kappa shape index (κ3) is 4.16. The quantitative estimate of drug-likeness (QED) is 0.762. The Morgan fingerprint density at radius 1 is 0.625 bits per heavy atom. The highest BCUT2D eigenvalue weighted by Crippen LogP contribution is 2.36. The molecule has 3 aliphatic heterocycles. The predicted octanol–water partition coefficient (Wildman–Crippen LogP) is 3.69. The molecule has 0 unspecified atom stereocenters. The third-order valence-corrected chi connectivity index (χ3v) is 7.09. The van der Waals surface area contributed by atoms with Gasteiger partial charge in [0.15, 0.2) is 0 Å². The average Bonchev–Trinajstić information content (AvgIpc) is 2.45. The van der Waals surface area contributed by atoms with E-state index in [4.69, 9.17) is 0 Å². The number of hydrogen-bond acceptors (Lipinski definition) is 3. The summed E-state index contributed by atoms with van der Waals surface area (Å²) in [6.07, 6.45) is 5.56. The first-order valence-corrected chi connectivity index (χ1v) is 10.4.